The highest BCUT2D eigenvalue weighted by molar-refractivity contribution is 5.66. The Morgan fingerprint density at radius 2 is 1.95 bits per heavy atom. The van der Waals surface area contributed by atoms with Crippen molar-refractivity contribution in [3.8, 4) is 0 Å². The minimum atomic E-state index is -0.851. The van der Waals surface area contributed by atoms with Gasteiger partial charge in [-0.15, -0.1) is 6.58 Å². The molecule has 0 spiro atoms. The highest BCUT2D eigenvalue weighted by Crippen LogP contribution is 2.16. The summed E-state index contributed by atoms with van der Waals surface area (Å²) in [6.07, 6.45) is 6.49. The summed E-state index contributed by atoms with van der Waals surface area (Å²) in [6, 6.07) is 0. The second-order valence-corrected chi connectivity index (χ2v) is 5.72. The van der Waals surface area contributed by atoms with Gasteiger partial charge >= 0.3 is 5.97 Å². The first kappa shape index (κ1) is 19.6. The lowest BCUT2D eigenvalue weighted by atomic mass is 9.98. The zero-order valence-electron chi connectivity index (χ0n) is 13.6. The van der Waals surface area contributed by atoms with Crippen LogP contribution in [-0.2, 0) is 9.53 Å². The molecule has 0 saturated heterocycles. The first-order chi connectivity index (χ1) is 9.66. The second-order valence-electron chi connectivity index (χ2n) is 5.72. The number of esters is 1. The van der Waals surface area contributed by atoms with Gasteiger partial charge in [0.05, 0.1) is 11.7 Å². The Morgan fingerprint density at radius 1 is 1.33 bits per heavy atom. The molecule has 2 atom stereocenters. The molecule has 0 aliphatic rings. The topological polar surface area (TPSA) is 66.8 Å². The first-order valence-electron chi connectivity index (χ1n) is 7.16. The number of hydrogen-bond donors (Lipinski definition) is 2. The van der Waals surface area contributed by atoms with E-state index in [1.807, 2.05) is 19.9 Å². The Balaban J connectivity index is 4.24. The quantitative estimate of drug-likeness (QED) is 0.507. The zero-order valence-corrected chi connectivity index (χ0v) is 13.6. The van der Waals surface area contributed by atoms with Crippen LogP contribution in [-0.4, -0.2) is 34.5 Å². The molecule has 4 nitrogen and oxygen atoms in total. The molecule has 0 aliphatic carbocycles. The fraction of sp³-hybridized carbons (Fsp3) is 0.588. The van der Waals surface area contributed by atoms with Gasteiger partial charge in [-0.3, -0.25) is 4.79 Å². The van der Waals surface area contributed by atoms with Crippen LogP contribution in [0.25, 0.3) is 0 Å². The molecule has 0 rings (SSSR count). The summed E-state index contributed by atoms with van der Waals surface area (Å²) < 4.78 is 4.85. The number of ether oxygens (including phenoxy) is 1. The van der Waals surface area contributed by atoms with Crippen molar-refractivity contribution < 1.29 is 19.7 Å². The molecule has 0 saturated carbocycles. The molecule has 4 heteroatoms. The van der Waals surface area contributed by atoms with Gasteiger partial charge in [-0.1, -0.05) is 23.8 Å². The van der Waals surface area contributed by atoms with Crippen LogP contribution in [0.5, 0.6) is 0 Å². The minimum Gasteiger partial charge on any atom is -0.461 e. The third kappa shape index (κ3) is 11.0. The van der Waals surface area contributed by atoms with E-state index in [4.69, 9.17) is 4.74 Å². The summed E-state index contributed by atoms with van der Waals surface area (Å²) in [6.45, 7) is 10.6. The van der Waals surface area contributed by atoms with E-state index in [1.54, 1.807) is 13.0 Å². The van der Waals surface area contributed by atoms with Gasteiger partial charge in [0.2, 0.25) is 0 Å². The molecule has 2 N–H and O–H groups in total. The van der Waals surface area contributed by atoms with Gasteiger partial charge < -0.3 is 14.9 Å². The minimum absolute atomic E-state index is 0.206. The average molecular weight is 296 g/mol. The van der Waals surface area contributed by atoms with E-state index < -0.39 is 11.7 Å². The number of aliphatic hydroxyl groups is 2. The summed E-state index contributed by atoms with van der Waals surface area (Å²) in [5.74, 6) is -0.331. The van der Waals surface area contributed by atoms with Crippen LogP contribution in [0.1, 0.15) is 47.0 Å². The van der Waals surface area contributed by atoms with Crippen molar-refractivity contribution in [2.45, 2.75) is 58.7 Å². The number of carbonyl (C=O) groups is 1. The van der Waals surface area contributed by atoms with E-state index in [9.17, 15) is 15.0 Å². The van der Waals surface area contributed by atoms with Crippen molar-refractivity contribution in [3.05, 3.63) is 36.0 Å². The second kappa shape index (κ2) is 9.53. The SMILES string of the molecule is C=CC(C)(O)CCC=C(C)CC(O)C=C(C)COC(C)=O. The summed E-state index contributed by atoms with van der Waals surface area (Å²) >= 11 is 0. The lowest BCUT2D eigenvalue weighted by molar-refractivity contribution is -0.139. The van der Waals surface area contributed by atoms with Crippen LogP contribution in [0.2, 0.25) is 0 Å². The fourth-order valence-corrected chi connectivity index (χ4v) is 1.78. The molecule has 0 heterocycles. The molecular formula is C17H28O4. The first-order valence-corrected chi connectivity index (χ1v) is 7.16. The van der Waals surface area contributed by atoms with Crippen molar-refractivity contribution >= 4 is 5.97 Å². The third-order valence-electron chi connectivity index (χ3n) is 3.09. The number of hydrogen-bond acceptors (Lipinski definition) is 4. The van der Waals surface area contributed by atoms with Crippen LogP contribution in [0, 0.1) is 0 Å². The normalized spacial score (nSPS) is 17.0. The standard InChI is InChI=1S/C17H28O4/c1-6-17(5,20)9-7-8-13(2)10-16(19)11-14(3)12-21-15(4)18/h6,8,11,16,19-20H,1,7,9-10,12H2,2-5H3. The summed E-state index contributed by atoms with van der Waals surface area (Å²) in [5, 5.41) is 19.7. The Bertz CT molecular complexity index is 405. The lowest BCUT2D eigenvalue weighted by Gasteiger charge is -2.17. The van der Waals surface area contributed by atoms with E-state index in [2.05, 4.69) is 6.58 Å². The Morgan fingerprint density at radius 3 is 2.48 bits per heavy atom. The highest BCUT2D eigenvalue weighted by Gasteiger charge is 2.13. The predicted octanol–water partition coefficient (Wildman–Crippen LogP) is 2.91. The van der Waals surface area contributed by atoms with Crippen molar-refractivity contribution in [3.63, 3.8) is 0 Å². The maximum atomic E-state index is 10.7. The number of rotatable bonds is 9. The van der Waals surface area contributed by atoms with Crippen molar-refractivity contribution in [2.24, 2.45) is 0 Å². The molecule has 0 bridgehead atoms. The number of aliphatic hydroxyl groups excluding tert-OH is 1. The predicted molar refractivity (Wildman–Crippen MR) is 84.8 cm³/mol. The molecule has 0 aliphatic heterocycles. The van der Waals surface area contributed by atoms with Crippen LogP contribution in [0.3, 0.4) is 0 Å². The molecule has 2 unspecified atom stereocenters. The molecule has 0 aromatic rings. The lowest BCUT2D eigenvalue weighted by Crippen LogP contribution is -2.19. The van der Waals surface area contributed by atoms with Gasteiger partial charge in [-0.05, 0) is 45.6 Å². The average Bonchev–Trinajstić information content (AvgIpc) is 2.35. The van der Waals surface area contributed by atoms with Crippen LogP contribution < -0.4 is 0 Å². The molecular weight excluding hydrogens is 268 g/mol. The number of carbonyl (C=O) groups excluding carboxylic acids is 1. The molecule has 120 valence electrons. The molecule has 0 amide bonds. The number of allylic oxidation sites excluding steroid dienone is 1. The Hall–Kier alpha value is -1.39. The smallest absolute Gasteiger partial charge is 0.302 e. The summed E-state index contributed by atoms with van der Waals surface area (Å²) in [5.41, 5.74) is 1.02. The summed E-state index contributed by atoms with van der Waals surface area (Å²) in [4.78, 5) is 10.7. The van der Waals surface area contributed by atoms with Gasteiger partial charge in [-0.25, -0.2) is 0 Å². The monoisotopic (exact) mass is 296 g/mol. The van der Waals surface area contributed by atoms with Crippen LogP contribution in [0.4, 0.5) is 0 Å². The van der Waals surface area contributed by atoms with Crippen LogP contribution in [0.15, 0.2) is 36.0 Å². The van der Waals surface area contributed by atoms with Crippen LogP contribution >= 0.6 is 0 Å². The maximum Gasteiger partial charge on any atom is 0.302 e. The van der Waals surface area contributed by atoms with Gasteiger partial charge in [0, 0.05) is 6.92 Å². The molecule has 0 aromatic carbocycles. The van der Waals surface area contributed by atoms with Gasteiger partial charge in [-0.2, -0.15) is 0 Å². The largest absolute Gasteiger partial charge is 0.461 e. The van der Waals surface area contributed by atoms with Gasteiger partial charge in [0.1, 0.15) is 6.61 Å². The third-order valence-corrected chi connectivity index (χ3v) is 3.09. The van der Waals surface area contributed by atoms with Gasteiger partial charge in [0.25, 0.3) is 0 Å². The van der Waals surface area contributed by atoms with Crippen molar-refractivity contribution in [2.75, 3.05) is 6.61 Å². The zero-order chi connectivity index (χ0) is 16.5. The molecule has 21 heavy (non-hydrogen) atoms. The van der Waals surface area contributed by atoms with Gasteiger partial charge in [0.15, 0.2) is 0 Å². The molecule has 0 aromatic heterocycles. The highest BCUT2D eigenvalue weighted by atomic mass is 16.5. The van der Waals surface area contributed by atoms with E-state index in [0.29, 0.717) is 12.8 Å². The van der Waals surface area contributed by atoms with E-state index >= 15 is 0 Å². The summed E-state index contributed by atoms with van der Waals surface area (Å²) in [7, 11) is 0. The Labute approximate surface area is 127 Å². The fourth-order valence-electron chi connectivity index (χ4n) is 1.78. The Kier molecular flexibility index (Phi) is 8.90. The van der Waals surface area contributed by atoms with Crippen molar-refractivity contribution in [1.82, 2.24) is 0 Å². The van der Waals surface area contributed by atoms with Crippen molar-refractivity contribution in [1.29, 1.82) is 0 Å². The molecule has 0 fully saturated rings. The van der Waals surface area contributed by atoms with E-state index in [-0.39, 0.29) is 12.6 Å². The molecule has 0 radical (unpaired) electrons. The van der Waals surface area contributed by atoms with E-state index in [1.165, 1.54) is 13.0 Å². The maximum absolute atomic E-state index is 10.7. The van der Waals surface area contributed by atoms with E-state index in [0.717, 1.165) is 17.6 Å².